The molecule has 4 nitrogen and oxygen atoms in total. The molecule has 0 aliphatic heterocycles. The molecule has 5 heteroatoms. The van der Waals surface area contributed by atoms with Gasteiger partial charge in [-0.05, 0) is 31.7 Å². The fraction of sp³-hybridized carbons (Fsp3) is 0.615. The largest absolute Gasteiger partial charge is 0.389 e. The number of nitrogens with one attached hydrogen (secondary N) is 1. The first kappa shape index (κ1) is 13.2. The summed E-state index contributed by atoms with van der Waals surface area (Å²) in [4.78, 5) is 0.386. The van der Waals surface area contributed by atoms with E-state index in [1.54, 1.807) is 0 Å². The smallest absolute Gasteiger partial charge is 0.159 e. The average molecular weight is 264 g/mol. The second kappa shape index (κ2) is 5.61. The summed E-state index contributed by atoms with van der Waals surface area (Å²) in [6.07, 6.45) is 5.29. The van der Waals surface area contributed by atoms with Gasteiger partial charge in [0.1, 0.15) is 4.99 Å². The van der Waals surface area contributed by atoms with Crippen LogP contribution in [0.15, 0.2) is 0 Å². The van der Waals surface area contributed by atoms with E-state index < -0.39 is 0 Å². The molecular formula is C13H20N4S. The van der Waals surface area contributed by atoms with Gasteiger partial charge in [0.2, 0.25) is 0 Å². The molecule has 1 aromatic rings. The van der Waals surface area contributed by atoms with Crippen molar-refractivity contribution in [3.8, 4) is 0 Å². The first-order valence-corrected chi connectivity index (χ1v) is 6.88. The molecule has 98 valence electrons. The maximum atomic E-state index is 5.78. The number of thiocarbonyl (C=S) groups is 1. The van der Waals surface area contributed by atoms with Crippen LogP contribution >= 0.6 is 12.2 Å². The molecular weight excluding hydrogens is 244 g/mol. The first-order valence-electron chi connectivity index (χ1n) is 6.47. The van der Waals surface area contributed by atoms with Crippen LogP contribution in [0.4, 0.5) is 5.82 Å². The minimum Gasteiger partial charge on any atom is -0.389 e. The van der Waals surface area contributed by atoms with E-state index in [0.29, 0.717) is 4.99 Å². The lowest BCUT2D eigenvalue weighted by molar-refractivity contribution is 0.303. The highest BCUT2D eigenvalue weighted by molar-refractivity contribution is 7.80. The second-order valence-electron chi connectivity index (χ2n) is 5.01. The van der Waals surface area contributed by atoms with Crippen molar-refractivity contribution in [2.24, 2.45) is 11.7 Å². The SMILES string of the molecule is Cc1nnc(NCCC2CCC2)c(C(N)=S)c1C. The average Bonchev–Trinajstić information content (AvgIpc) is 2.26. The van der Waals surface area contributed by atoms with Crippen LogP contribution in [0, 0.1) is 19.8 Å². The molecule has 1 aromatic heterocycles. The van der Waals surface area contributed by atoms with E-state index in [9.17, 15) is 0 Å². The Bertz CT molecular complexity index is 455. The molecule has 0 atom stereocenters. The van der Waals surface area contributed by atoms with Gasteiger partial charge in [0.15, 0.2) is 5.82 Å². The van der Waals surface area contributed by atoms with Gasteiger partial charge >= 0.3 is 0 Å². The normalized spacial score (nSPS) is 15.2. The van der Waals surface area contributed by atoms with Gasteiger partial charge in [0.25, 0.3) is 0 Å². The lowest BCUT2D eigenvalue weighted by atomic mass is 9.83. The zero-order chi connectivity index (χ0) is 13.1. The molecule has 1 heterocycles. The summed E-state index contributed by atoms with van der Waals surface area (Å²) >= 11 is 5.10. The van der Waals surface area contributed by atoms with E-state index >= 15 is 0 Å². The standard InChI is InChI=1S/C13H20N4S/c1-8-9(2)16-17-13(11(8)12(14)18)15-7-6-10-4-3-5-10/h10H,3-7H2,1-2H3,(H2,14,18)(H,15,17). The molecule has 1 fully saturated rings. The Kier molecular flexibility index (Phi) is 4.11. The van der Waals surface area contributed by atoms with E-state index in [-0.39, 0.29) is 0 Å². The topological polar surface area (TPSA) is 63.8 Å². The minimum atomic E-state index is 0.386. The van der Waals surface area contributed by atoms with E-state index in [4.69, 9.17) is 18.0 Å². The fourth-order valence-corrected chi connectivity index (χ4v) is 2.46. The van der Waals surface area contributed by atoms with E-state index in [1.165, 1.54) is 25.7 Å². The minimum absolute atomic E-state index is 0.386. The Morgan fingerprint density at radius 1 is 1.39 bits per heavy atom. The van der Waals surface area contributed by atoms with Gasteiger partial charge in [-0.15, -0.1) is 5.10 Å². The lowest BCUT2D eigenvalue weighted by Gasteiger charge is -2.25. The van der Waals surface area contributed by atoms with Crippen LogP contribution < -0.4 is 11.1 Å². The summed E-state index contributed by atoms with van der Waals surface area (Å²) in [5, 5.41) is 11.6. The molecule has 3 N–H and O–H groups in total. The maximum absolute atomic E-state index is 5.78. The van der Waals surface area contributed by atoms with Crippen molar-refractivity contribution in [2.45, 2.75) is 39.5 Å². The van der Waals surface area contributed by atoms with E-state index in [0.717, 1.165) is 35.1 Å². The van der Waals surface area contributed by atoms with Crippen LogP contribution in [0.2, 0.25) is 0 Å². The fourth-order valence-electron chi connectivity index (χ4n) is 2.21. The number of rotatable bonds is 5. The van der Waals surface area contributed by atoms with Crippen molar-refractivity contribution in [1.82, 2.24) is 10.2 Å². The Morgan fingerprint density at radius 2 is 2.11 bits per heavy atom. The highest BCUT2D eigenvalue weighted by atomic mass is 32.1. The molecule has 0 unspecified atom stereocenters. The van der Waals surface area contributed by atoms with E-state index in [2.05, 4.69) is 15.5 Å². The first-order chi connectivity index (χ1) is 8.59. The van der Waals surface area contributed by atoms with Crippen LogP contribution in [0.3, 0.4) is 0 Å². The Morgan fingerprint density at radius 3 is 2.67 bits per heavy atom. The number of nitrogens with zero attached hydrogens (tertiary/aromatic N) is 2. The third-order valence-corrected chi connectivity index (χ3v) is 3.97. The number of aryl methyl sites for hydroxylation is 1. The van der Waals surface area contributed by atoms with Crippen molar-refractivity contribution in [3.63, 3.8) is 0 Å². The highest BCUT2D eigenvalue weighted by Gasteiger charge is 2.18. The van der Waals surface area contributed by atoms with Crippen LogP contribution in [0.5, 0.6) is 0 Å². The Hall–Kier alpha value is -1.23. The van der Waals surface area contributed by atoms with Crippen molar-refractivity contribution in [3.05, 3.63) is 16.8 Å². The van der Waals surface area contributed by atoms with Crippen LogP contribution in [0.25, 0.3) is 0 Å². The van der Waals surface area contributed by atoms with Gasteiger partial charge in [0.05, 0.1) is 11.3 Å². The van der Waals surface area contributed by atoms with Gasteiger partial charge < -0.3 is 11.1 Å². The molecule has 0 amide bonds. The zero-order valence-electron chi connectivity index (χ0n) is 11.0. The molecule has 18 heavy (non-hydrogen) atoms. The summed E-state index contributed by atoms with van der Waals surface area (Å²) in [6.45, 7) is 4.81. The molecule has 0 spiro atoms. The number of anilines is 1. The van der Waals surface area contributed by atoms with E-state index in [1.807, 2.05) is 13.8 Å². The van der Waals surface area contributed by atoms with Crippen molar-refractivity contribution >= 4 is 23.0 Å². The molecule has 1 saturated carbocycles. The second-order valence-corrected chi connectivity index (χ2v) is 5.45. The summed E-state index contributed by atoms with van der Waals surface area (Å²) in [5.74, 6) is 1.61. The van der Waals surface area contributed by atoms with Crippen molar-refractivity contribution in [2.75, 3.05) is 11.9 Å². The van der Waals surface area contributed by atoms with Crippen LogP contribution in [-0.4, -0.2) is 21.7 Å². The zero-order valence-corrected chi connectivity index (χ0v) is 11.8. The quantitative estimate of drug-likeness (QED) is 0.799. The van der Waals surface area contributed by atoms with Crippen LogP contribution in [0.1, 0.15) is 42.5 Å². The van der Waals surface area contributed by atoms with Gasteiger partial charge in [-0.1, -0.05) is 31.5 Å². The molecule has 2 rings (SSSR count). The van der Waals surface area contributed by atoms with Gasteiger partial charge in [-0.25, -0.2) is 0 Å². The number of nitrogens with two attached hydrogens (primary N) is 1. The summed E-state index contributed by atoms with van der Waals surface area (Å²) < 4.78 is 0. The van der Waals surface area contributed by atoms with Gasteiger partial charge in [-0.2, -0.15) is 5.10 Å². The number of aromatic nitrogens is 2. The number of hydrogen-bond acceptors (Lipinski definition) is 4. The monoisotopic (exact) mass is 264 g/mol. The third-order valence-electron chi connectivity index (χ3n) is 3.77. The maximum Gasteiger partial charge on any atom is 0.159 e. The van der Waals surface area contributed by atoms with Crippen molar-refractivity contribution in [1.29, 1.82) is 0 Å². The Labute approximate surface area is 113 Å². The third kappa shape index (κ3) is 2.77. The van der Waals surface area contributed by atoms with Crippen LogP contribution in [-0.2, 0) is 0 Å². The summed E-state index contributed by atoms with van der Waals surface area (Å²) in [5.41, 5.74) is 8.51. The Balaban J connectivity index is 2.06. The molecule has 0 bridgehead atoms. The molecule has 0 aromatic carbocycles. The van der Waals surface area contributed by atoms with Crippen molar-refractivity contribution < 1.29 is 0 Å². The predicted octanol–water partition coefficient (Wildman–Crippen LogP) is 2.33. The van der Waals surface area contributed by atoms with Gasteiger partial charge in [0, 0.05) is 6.54 Å². The highest BCUT2D eigenvalue weighted by Crippen LogP contribution is 2.29. The summed E-state index contributed by atoms with van der Waals surface area (Å²) in [7, 11) is 0. The van der Waals surface area contributed by atoms with Gasteiger partial charge in [-0.3, -0.25) is 0 Å². The summed E-state index contributed by atoms with van der Waals surface area (Å²) in [6, 6.07) is 0. The predicted molar refractivity (Wildman–Crippen MR) is 77.8 cm³/mol. The molecule has 0 saturated heterocycles. The molecule has 1 aliphatic rings. The molecule has 1 aliphatic carbocycles. The lowest BCUT2D eigenvalue weighted by Crippen LogP contribution is -2.20. The molecule has 0 radical (unpaired) electrons. The number of hydrogen-bond donors (Lipinski definition) is 2.